The van der Waals surface area contributed by atoms with Crippen molar-refractivity contribution in [2.45, 2.75) is 19.4 Å². The van der Waals surface area contributed by atoms with Gasteiger partial charge in [-0.1, -0.05) is 12.1 Å². The van der Waals surface area contributed by atoms with Crippen LogP contribution in [0.15, 0.2) is 33.9 Å². The van der Waals surface area contributed by atoms with E-state index in [-0.39, 0.29) is 35.4 Å². The largest absolute Gasteiger partial charge is 0.733 e. The van der Waals surface area contributed by atoms with E-state index in [4.69, 9.17) is 14.7 Å². The normalized spacial score (nSPS) is 18.6. The second kappa shape index (κ2) is 7.02. The molecule has 2 atom stereocenters. The van der Waals surface area contributed by atoms with Crippen LogP contribution >= 0.6 is 0 Å². The first-order chi connectivity index (χ1) is 12.4. The third kappa shape index (κ3) is 3.32. The monoisotopic (exact) mass is 362 g/mol. The van der Waals surface area contributed by atoms with Gasteiger partial charge in [-0.15, -0.1) is 0 Å². The standard InChI is InChI=1S/C16H16N3O7/c1-2-25-15(21)10-7-11-13(20)17-16(22)18-14(11)26-12(10)8-3-5-9(6-4-8)19(23)24/h3-6,10,12,23H,2,7H2,1H3,(H2,17,18,20,22)/q-1. The third-order valence-corrected chi connectivity index (χ3v) is 4.07. The molecule has 0 bridgehead atoms. The molecule has 0 aliphatic carbocycles. The maximum absolute atomic E-state index is 12.4. The fraction of sp³-hybridized carbons (Fsp3) is 0.312. The molecule has 138 valence electrons. The van der Waals surface area contributed by atoms with Crippen molar-refractivity contribution >= 4 is 11.7 Å². The van der Waals surface area contributed by atoms with Crippen LogP contribution in [0, 0.1) is 11.1 Å². The van der Waals surface area contributed by atoms with Gasteiger partial charge >= 0.3 is 11.7 Å². The molecular formula is C16H16N3O7-. The maximum atomic E-state index is 12.4. The van der Waals surface area contributed by atoms with Gasteiger partial charge in [-0.05, 0) is 24.6 Å². The third-order valence-electron chi connectivity index (χ3n) is 4.07. The molecule has 1 aliphatic rings. The molecule has 2 aromatic rings. The fourth-order valence-corrected chi connectivity index (χ4v) is 2.86. The lowest BCUT2D eigenvalue weighted by molar-refractivity contribution is -0.152. The van der Waals surface area contributed by atoms with E-state index < -0.39 is 29.2 Å². The van der Waals surface area contributed by atoms with Gasteiger partial charge in [-0.25, -0.2) is 4.79 Å². The van der Waals surface area contributed by atoms with Crippen LogP contribution < -0.4 is 21.2 Å². The number of nitrogens with zero attached hydrogens (tertiary/aromatic N) is 1. The van der Waals surface area contributed by atoms with Crippen LogP contribution in [0.2, 0.25) is 0 Å². The first kappa shape index (κ1) is 17.7. The van der Waals surface area contributed by atoms with Gasteiger partial charge in [0.05, 0.1) is 17.9 Å². The summed E-state index contributed by atoms with van der Waals surface area (Å²) < 4.78 is 10.8. The number of esters is 1. The minimum absolute atomic E-state index is 0.00231. The molecule has 3 N–H and O–H groups in total. The Morgan fingerprint density at radius 1 is 1.35 bits per heavy atom. The number of aromatic nitrogens is 2. The van der Waals surface area contributed by atoms with Crippen molar-refractivity contribution in [2.24, 2.45) is 5.92 Å². The molecule has 2 unspecified atom stereocenters. The number of nitrogens with one attached hydrogen (secondary N) is 2. The molecule has 1 aromatic carbocycles. The van der Waals surface area contributed by atoms with Crippen LogP contribution in [-0.4, -0.2) is 27.8 Å². The number of anilines is 1. The first-order valence-corrected chi connectivity index (χ1v) is 7.85. The zero-order valence-electron chi connectivity index (χ0n) is 13.7. The first-order valence-electron chi connectivity index (χ1n) is 7.85. The number of benzene rings is 1. The second-order valence-electron chi connectivity index (χ2n) is 5.68. The molecule has 0 spiro atoms. The molecule has 10 nitrogen and oxygen atoms in total. The zero-order valence-corrected chi connectivity index (χ0v) is 13.7. The molecule has 0 saturated heterocycles. The molecular weight excluding hydrogens is 346 g/mol. The van der Waals surface area contributed by atoms with E-state index in [0.29, 0.717) is 5.56 Å². The Bertz CT molecular complexity index is 917. The number of carbonyl (C=O) groups excluding carboxylic acids is 1. The Balaban J connectivity index is 2.03. The molecule has 1 aromatic heterocycles. The van der Waals surface area contributed by atoms with Crippen LogP contribution in [0.3, 0.4) is 0 Å². The van der Waals surface area contributed by atoms with Gasteiger partial charge in [0.25, 0.3) is 5.56 Å². The van der Waals surface area contributed by atoms with Gasteiger partial charge in [0, 0.05) is 6.42 Å². The number of aromatic amines is 2. The van der Waals surface area contributed by atoms with Crippen molar-refractivity contribution in [2.75, 3.05) is 11.8 Å². The predicted octanol–water partition coefficient (Wildman–Crippen LogP) is 0.612. The SMILES string of the molecule is CCOC(=O)C1Cc2c([nH]c(=O)[nH]c2=O)OC1c1ccc(N([O-])O)cc1. The summed E-state index contributed by atoms with van der Waals surface area (Å²) in [6.07, 6.45) is -0.827. The van der Waals surface area contributed by atoms with E-state index in [0.717, 1.165) is 0 Å². The van der Waals surface area contributed by atoms with Crippen LogP contribution in [0.1, 0.15) is 24.2 Å². The highest BCUT2D eigenvalue weighted by molar-refractivity contribution is 5.74. The number of carbonyl (C=O) groups is 1. The summed E-state index contributed by atoms with van der Waals surface area (Å²) >= 11 is 0. The van der Waals surface area contributed by atoms with Crippen molar-refractivity contribution in [3.8, 4) is 5.88 Å². The van der Waals surface area contributed by atoms with Gasteiger partial charge in [0.1, 0.15) is 12.0 Å². The van der Waals surface area contributed by atoms with Gasteiger partial charge < -0.3 is 19.9 Å². The van der Waals surface area contributed by atoms with E-state index in [2.05, 4.69) is 9.97 Å². The van der Waals surface area contributed by atoms with Gasteiger partial charge in [0.2, 0.25) is 5.88 Å². The summed E-state index contributed by atoms with van der Waals surface area (Å²) in [5.41, 5.74) is -0.687. The average molecular weight is 362 g/mol. The Kier molecular flexibility index (Phi) is 4.78. The molecule has 1 aliphatic heterocycles. The Morgan fingerprint density at radius 3 is 2.65 bits per heavy atom. The summed E-state index contributed by atoms with van der Waals surface area (Å²) in [4.78, 5) is 40.4. The molecule has 0 saturated carbocycles. The van der Waals surface area contributed by atoms with Crippen molar-refractivity contribution in [3.63, 3.8) is 0 Å². The minimum Gasteiger partial charge on any atom is -0.733 e. The molecule has 26 heavy (non-hydrogen) atoms. The smallest absolute Gasteiger partial charge is 0.328 e. The maximum Gasteiger partial charge on any atom is 0.328 e. The molecule has 0 radical (unpaired) electrons. The lowest BCUT2D eigenvalue weighted by Gasteiger charge is -2.31. The summed E-state index contributed by atoms with van der Waals surface area (Å²) in [5.74, 6) is -1.38. The van der Waals surface area contributed by atoms with Crippen molar-refractivity contribution in [1.29, 1.82) is 0 Å². The van der Waals surface area contributed by atoms with Gasteiger partial charge in [-0.2, -0.15) is 0 Å². The van der Waals surface area contributed by atoms with E-state index >= 15 is 0 Å². The molecule has 2 heterocycles. The summed E-state index contributed by atoms with van der Waals surface area (Å²) in [7, 11) is 0. The summed E-state index contributed by atoms with van der Waals surface area (Å²) in [6, 6.07) is 5.71. The number of ether oxygens (including phenoxy) is 2. The van der Waals surface area contributed by atoms with Gasteiger partial charge in [0.15, 0.2) is 0 Å². The summed E-state index contributed by atoms with van der Waals surface area (Å²) in [5, 5.41) is 19.5. The summed E-state index contributed by atoms with van der Waals surface area (Å²) in [6.45, 7) is 1.82. The van der Waals surface area contributed by atoms with E-state index in [1.165, 1.54) is 24.3 Å². The number of rotatable bonds is 4. The topological polar surface area (TPSA) is 148 Å². The van der Waals surface area contributed by atoms with Crippen LogP contribution in [0.25, 0.3) is 0 Å². The lowest BCUT2D eigenvalue weighted by atomic mass is 9.88. The minimum atomic E-state index is -0.841. The Morgan fingerprint density at radius 2 is 2.04 bits per heavy atom. The van der Waals surface area contributed by atoms with Crippen LogP contribution in [0.4, 0.5) is 5.69 Å². The van der Waals surface area contributed by atoms with E-state index in [9.17, 15) is 19.6 Å². The van der Waals surface area contributed by atoms with Crippen LogP contribution in [-0.2, 0) is 16.0 Å². The lowest BCUT2D eigenvalue weighted by Crippen LogP contribution is -2.38. The van der Waals surface area contributed by atoms with Gasteiger partial charge in [-0.3, -0.25) is 24.8 Å². The Hall–Kier alpha value is -3.11. The highest BCUT2D eigenvalue weighted by Crippen LogP contribution is 2.37. The Labute approximate surface area is 146 Å². The molecule has 0 fully saturated rings. The second-order valence-corrected chi connectivity index (χ2v) is 5.68. The molecule has 3 rings (SSSR count). The molecule has 10 heteroatoms. The highest BCUT2D eigenvalue weighted by atomic mass is 16.8. The predicted molar refractivity (Wildman–Crippen MR) is 89.0 cm³/mol. The quantitative estimate of drug-likeness (QED) is 0.529. The van der Waals surface area contributed by atoms with Crippen molar-refractivity contribution in [1.82, 2.24) is 9.97 Å². The highest BCUT2D eigenvalue weighted by Gasteiger charge is 2.39. The zero-order chi connectivity index (χ0) is 18.8. The number of hydrogen-bond acceptors (Lipinski definition) is 8. The fourth-order valence-electron chi connectivity index (χ4n) is 2.86. The van der Waals surface area contributed by atoms with Crippen LogP contribution in [0.5, 0.6) is 5.88 Å². The number of H-pyrrole nitrogens is 2. The number of hydrogen-bond donors (Lipinski definition) is 3. The number of fused-ring (bicyclic) bond motifs is 1. The average Bonchev–Trinajstić information content (AvgIpc) is 2.61. The van der Waals surface area contributed by atoms with E-state index in [1.54, 1.807) is 6.92 Å². The van der Waals surface area contributed by atoms with Crippen molar-refractivity contribution in [3.05, 3.63) is 61.4 Å². The van der Waals surface area contributed by atoms with Crippen molar-refractivity contribution < 1.29 is 19.5 Å². The van der Waals surface area contributed by atoms with E-state index in [1.807, 2.05) is 0 Å². The molecule has 0 amide bonds.